The van der Waals surface area contributed by atoms with E-state index in [1.807, 2.05) is 0 Å². The van der Waals surface area contributed by atoms with Crippen LogP contribution in [0.15, 0.2) is 48.5 Å². The Morgan fingerprint density at radius 2 is 1.87 bits per heavy atom. The van der Waals surface area contributed by atoms with Gasteiger partial charge in [-0.15, -0.1) is 0 Å². The molecule has 4 rings (SSSR count). The summed E-state index contributed by atoms with van der Waals surface area (Å²) < 4.78 is 23.9. The number of amides is 2. The largest absolute Gasteiger partial charge is 0.481 e. The number of fused-ring (bicyclic) bond motifs is 1. The maximum atomic E-state index is 13.0. The van der Waals surface area contributed by atoms with Gasteiger partial charge >= 0.3 is 0 Å². The number of nitrogens with zero attached hydrogens (tertiary/aromatic N) is 2. The number of hydrogen-bond acceptors (Lipinski definition) is 5. The highest BCUT2D eigenvalue weighted by Crippen LogP contribution is 2.34. The quantitative estimate of drug-likeness (QED) is 0.721. The van der Waals surface area contributed by atoms with Crippen molar-refractivity contribution in [2.45, 2.75) is 0 Å². The zero-order valence-electron chi connectivity index (χ0n) is 17.1. The fourth-order valence-corrected chi connectivity index (χ4v) is 3.52. The van der Waals surface area contributed by atoms with E-state index in [0.29, 0.717) is 36.9 Å². The summed E-state index contributed by atoms with van der Waals surface area (Å²) in [7, 11) is 0. The van der Waals surface area contributed by atoms with Crippen molar-refractivity contribution in [1.82, 2.24) is 4.90 Å². The van der Waals surface area contributed by atoms with E-state index in [2.05, 4.69) is 10.2 Å². The lowest BCUT2D eigenvalue weighted by Crippen LogP contribution is -2.45. The molecule has 0 aliphatic carbocycles. The minimum absolute atomic E-state index is 0.0298. The molecule has 0 unspecified atom stereocenters. The van der Waals surface area contributed by atoms with Crippen LogP contribution < -0.4 is 15.0 Å². The highest BCUT2D eigenvalue weighted by Gasteiger charge is 2.26. The summed E-state index contributed by atoms with van der Waals surface area (Å²) in [6, 6.07) is 11.1. The maximum Gasteiger partial charge on any atom is 0.265 e. The first kappa shape index (κ1) is 21.0. The molecule has 2 aliphatic heterocycles. The van der Waals surface area contributed by atoms with Gasteiger partial charge in [0.1, 0.15) is 11.6 Å². The van der Waals surface area contributed by atoms with Gasteiger partial charge < -0.3 is 19.7 Å². The van der Waals surface area contributed by atoms with Crippen LogP contribution >= 0.6 is 0 Å². The van der Waals surface area contributed by atoms with Crippen molar-refractivity contribution in [2.75, 3.05) is 56.2 Å². The molecule has 0 aromatic heterocycles. The van der Waals surface area contributed by atoms with Crippen molar-refractivity contribution in [3.05, 3.63) is 59.9 Å². The molecule has 0 saturated carbocycles. The Kier molecular flexibility index (Phi) is 6.59. The van der Waals surface area contributed by atoms with Crippen LogP contribution in [0.1, 0.15) is 5.56 Å². The van der Waals surface area contributed by atoms with Crippen molar-refractivity contribution in [3.8, 4) is 5.75 Å². The third-order valence-electron chi connectivity index (χ3n) is 5.21. The SMILES string of the molecule is O=C(/C=C/c1ccc(F)cc1)Nc1ccc2c(c1)OCC(=O)N2CCN1CCOCC1. The first-order valence-corrected chi connectivity index (χ1v) is 10.2. The molecule has 1 saturated heterocycles. The number of carbonyl (C=O) groups excluding carboxylic acids is 2. The predicted octanol–water partition coefficient (Wildman–Crippen LogP) is 2.54. The Hall–Kier alpha value is -3.23. The van der Waals surface area contributed by atoms with Gasteiger partial charge in [-0.05, 0) is 35.9 Å². The second-order valence-electron chi connectivity index (χ2n) is 7.34. The molecule has 1 fully saturated rings. The average molecular weight is 425 g/mol. The van der Waals surface area contributed by atoms with Crippen molar-refractivity contribution in [2.24, 2.45) is 0 Å². The van der Waals surface area contributed by atoms with Crippen molar-refractivity contribution in [3.63, 3.8) is 0 Å². The zero-order chi connectivity index (χ0) is 21.6. The minimum atomic E-state index is -0.326. The summed E-state index contributed by atoms with van der Waals surface area (Å²) in [6.07, 6.45) is 2.99. The van der Waals surface area contributed by atoms with Gasteiger partial charge in [0.15, 0.2) is 6.61 Å². The number of benzene rings is 2. The van der Waals surface area contributed by atoms with Crippen LogP contribution in [-0.2, 0) is 14.3 Å². The summed E-state index contributed by atoms with van der Waals surface area (Å²) in [5.41, 5.74) is 1.99. The molecule has 2 aromatic rings. The van der Waals surface area contributed by atoms with E-state index in [9.17, 15) is 14.0 Å². The highest BCUT2D eigenvalue weighted by atomic mass is 19.1. The third kappa shape index (κ3) is 5.48. The summed E-state index contributed by atoms with van der Waals surface area (Å²) in [6.45, 7) is 4.46. The molecule has 2 amide bonds. The molecule has 2 aromatic carbocycles. The first-order chi connectivity index (χ1) is 15.1. The number of halogens is 1. The number of anilines is 2. The lowest BCUT2D eigenvalue weighted by molar-refractivity contribution is -0.121. The van der Waals surface area contributed by atoms with Gasteiger partial charge in [-0.1, -0.05) is 12.1 Å². The molecule has 2 aliphatic rings. The smallest absolute Gasteiger partial charge is 0.265 e. The molecule has 1 N–H and O–H groups in total. The van der Waals surface area contributed by atoms with Gasteiger partial charge in [-0.2, -0.15) is 0 Å². The van der Waals surface area contributed by atoms with Crippen LogP contribution in [0.3, 0.4) is 0 Å². The molecule has 0 radical (unpaired) electrons. The van der Waals surface area contributed by atoms with Gasteiger partial charge in [0, 0.05) is 44.0 Å². The Balaban J connectivity index is 1.39. The van der Waals surface area contributed by atoms with Crippen molar-refractivity contribution in [1.29, 1.82) is 0 Å². The normalized spacial score (nSPS) is 16.8. The van der Waals surface area contributed by atoms with Gasteiger partial charge in [0.05, 0.1) is 18.9 Å². The Bertz CT molecular complexity index is 971. The van der Waals surface area contributed by atoms with Gasteiger partial charge in [0.2, 0.25) is 5.91 Å². The fraction of sp³-hybridized carbons (Fsp3) is 0.304. The van der Waals surface area contributed by atoms with Crippen LogP contribution in [0.4, 0.5) is 15.8 Å². The molecule has 2 heterocycles. The van der Waals surface area contributed by atoms with Gasteiger partial charge in [-0.3, -0.25) is 14.5 Å². The number of carbonyl (C=O) groups is 2. The van der Waals surface area contributed by atoms with Crippen LogP contribution in [0.25, 0.3) is 6.08 Å². The topological polar surface area (TPSA) is 71.1 Å². The van der Waals surface area contributed by atoms with E-state index >= 15 is 0 Å². The van der Waals surface area contributed by atoms with Crippen molar-refractivity contribution >= 4 is 29.3 Å². The zero-order valence-corrected chi connectivity index (χ0v) is 17.1. The number of rotatable bonds is 6. The predicted molar refractivity (Wildman–Crippen MR) is 116 cm³/mol. The highest BCUT2D eigenvalue weighted by molar-refractivity contribution is 6.03. The van der Waals surface area contributed by atoms with E-state index in [1.54, 1.807) is 41.3 Å². The van der Waals surface area contributed by atoms with Crippen LogP contribution in [0.5, 0.6) is 5.75 Å². The number of hydrogen-bond donors (Lipinski definition) is 1. The molecule has 7 nitrogen and oxygen atoms in total. The maximum absolute atomic E-state index is 13.0. The Morgan fingerprint density at radius 1 is 1.10 bits per heavy atom. The summed E-state index contributed by atoms with van der Waals surface area (Å²) in [5, 5.41) is 2.78. The lowest BCUT2D eigenvalue weighted by atomic mass is 10.2. The standard InChI is InChI=1S/C23H24FN3O4/c24-18-4-1-17(2-5-18)3-8-22(28)25-19-6-7-20-21(15-19)31-16-23(29)27(20)10-9-26-11-13-30-14-12-26/h1-8,15H,9-14,16H2,(H,25,28)/b8-3+. The Morgan fingerprint density at radius 3 is 2.65 bits per heavy atom. The average Bonchev–Trinajstić information content (AvgIpc) is 2.79. The second-order valence-corrected chi connectivity index (χ2v) is 7.34. The summed E-state index contributed by atoms with van der Waals surface area (Å²) in [4.78, 5) is 28.6. The van der Waals surface area contributed by atoms with Crippen LogP contribution in [0, 0.1) is 5.82 Å². The van der Waals surface area contributed by atoms with E-state index in [-0.39, 0.29) is 24.2 Å². The molecule has 0 bridgehead atoms. The number of morpholine rings is 1. The monoisotopic (exact) mass is 425 g/mol. The summed E-state index contributed by atoms with van der Waals surface area (Å²) >= 11 is 0. The van der Waals surface area contributed by atoms with E-state index in [4.69, 9.17) is 9.47 Å². The van der Waals surface area contributed by atoms with Crippen molar-refractivity contribution < 1.29 is 23.5 Å². The Labute approximate surface area is 180 Å². The van der Waals surface area contributed by atoms with Crippen LogP contribution in [-0.4, -0.2) is 62.7 Å². The molecule has 0 spiro atoms. The lowest BCUT2D eigenvalue weighted by Gasteiger charge is -2.33. The number of ether oxygens (including phenoxy) is 2. The van der Waals surface area contributed by atoms with Crippen LogP contribution in [0.2, 0.25) is 0 Å². The van der Waals surface area contributed by atoms with E-state index in [0.717, 1.165) is 25.2 Å². The molecular formula is C23H24FN3O4. The molecular weight excluding hydrogens is 401 g/mol. The fourth-order valence-electron chi connectivity index (χ4n) is 3.52. The van der Waals surface area contributed by atoms with Gasteiger partial charge in [-0.25, -0.2) is 4.39 Å². The number of nitrogens with one attached hydrogen (secondary N) is 1. The third-order valence-corrected chi connectivity index (χ3v) is 5.21. The molecule has 0 atom stereocenters. The molecule has 31 heavy (non-hydrogen) atoms. The van der Waals surface area contributed by atoms with E-state index in [1.165, 1.54) is 18.2 Å². The van der Waals surface area contributed by atoms with E-state index < -0.39 is 0 Å². The minimum Gasteiger partial charge on any atom is -0.481 e. The van der Waals surface area contributed by atoms with Gasteiger partial charge in [0.25, 0.3) is 5.91 Å². The second kappa shape index (κ2) is 9.72. The molecule has 162 valence electrons. The first-order valence-electron chi connectivity index (χ1n) is 10.2. The molecule has 8 heteroatoms. The summed E-state index contributed by atoms with van der Waals surface area (Å²) in [5.74, 6) is -0.171.